The summed E-state index contributed by atoms with van der Waals surface area (Å²) in [7, 11) is 0. The van der Waals surface area contributed by atoms with E-state index in [2.05, 4.69) is 31.9 Å². The first kappa shape index (κ1) is 7.80. The van der Waals surface area contributed by atoms with Gasteiger partial charge in [0, 0.05) is 29.2 Å². The molecule has 1 saturated heterocycles. The van der Waals surface area contributed by atoms with Crippen LogP contribution in [0.2, 0.25) is 0 Å². The van der Waals surface area contributed by atoms with Gasteiger partial charge < -0.3 is 4.90 Å². The van der Waals surface area contributed by atoms with Crippen LogP contribution >= 0.6 is 15.9 Å². The first-order valence-electron chi connectivity index (χ1n) is 4.63. The highest BCUT2D eigenvalue weighted by Crippen LogP contribution is 2.53. The van der Waals surface area contributed by atoms with Crippen LogP contribution in [-0.2, 0) is 0 Å². The summed E-state index contributed by atoms with van der Waals surface area (Å²) in [6, 6.07) is 2.14. The van der Waals surface area contributed by atoms with E-state index < -0.39 is 0 Å². The van der Waals surface area contributed by atoms with Crippen molar-refractivity contribution in [3.63, 3.8) is 0 Å². The van der Waals surface area contributed by atoms with Gasteiger partial charge in [-0.3, -0.25) is 4.98 Å². The molecule has 1 aromatic heterocycles. The summed E-state index contributed by atoms with van der Waals surface area (Å²) in [6.45, 7) is 2.48. The third-order valence-electron chi connectivity index (χ3n) is 3.07. The molecule has 2 nitrogen and oxygen atoms in total. The monoisotopic (exact) mass is 238 g/mol. The van der Waals surface area contributed by atoms with E-state index in [1.807, 2.05) is 12.4 Å². The Morgan fingerprint density at radius 2 is 2.08 bits per heavy atom. The topological polar surface area (TPSA) is 16.1 Å². The number of pyridine rings is 1. The first-order valence-corrected chi connectivity index (χ1v) is 5.42. The highest BCUT2D eigenvalue weighted by atomic mass is 79.9. The number of nitrogens with zero attached hydrogens (tertiary/aromatic N) is 2. The smallest absolute Gasteiger partial charge is 0.0564 e. The fraction of sp³-hybridized carbons (Fsp3) is 0.500. The number of hydrogen-bond acceptors (Lipinski definition) is 2. The van der Waals surface area contributed by atoms with E-state index in [0.717, 1.165) is 9.89 Å². The molecule has 0 amide bonds. The molecule has 0 aromatic carbocycles. The largest absolute Gasteiger partial charge is 0.369 e. The Morgan fingerprint density at radius 1 is 1.31 bits per heavy atom. The van der Waals surface area contributed by atoms with Crippen LogP contribution in [-0.4, -0.2) is 18.1 Å². The highest BCUT2D eigenvalue weighted by molar-refractivity contribution is 9.10. The van der Waals surface area contributed by atoms with Gasteiger partial charge in [-0.05, 0) is 34.8 Å². The molecule has 2 aliphatic rings. The second-order valence-electron chi connectivity index (χ2n) is 4.22. The van der Waals surface area contributed by atoms with E-state index in [-0.39, 0.29) is 0 Å². The van der Waals surface area contributed by atoms with E-state index in [1.54, 1.807) is 0 Å². The van der Waals surface area contributed by atoms with Crippen molar-refractivity contribution in [3.05, 3.63) is 22.9 Å². The van der Waals surface area contributed by atoms with Crippen LogP contribution in [0.4, 0.5) is 5.69 Å². The van der Waals surface area contributed by atoms with Gasteiger partial charge in [0.25, 0.3) is 0 Å². The molecule has 0 unspecified atom stereocenters. The maximum Gasteiger partial charge on any atom is 0.0564 e. The molecule has 2 heterocycles. The molecular formula is C10H11BrN2. The minimum absolute atomic E-state index is 0.725. The van der Waals surface area contributed by atoms with Crippen molar-refractivity contribution >= 4 is 21.6 Å². The summed E-state index contributed by atoms with van der Waals surface area (Å²) in [5, 5.41) is 0. The van der Waals surface area contributed by atoms with E-state index in [4.69, 9.17) is 0 Å². The van der Waals surface area contributed by atoms with Crippen molar-refractivity contribution in [2.75, 3.05) is 18.0 Å². The second-order valence-corrected chi connectivity index (χ2v) is 5.13. The summed E-state index contributed by atoms with van der Waals surface area (Å²) in [6.07, 6.45) is 6.64. The molecule has 1 aliphatic heterocycles. The molecule has 3 rings (SSSR count). The SMILES string of the molecule is Brc1cncc(N2CC3(CC3)C2)c1. The van der Waals surface area contributed by atoms with E-state index >= 15 is 0 Å². The lowest BCUT2D eigenvalue weighted by Gasteiger charge is -2.41. The molecule has 1 aliphatic carbocycles. The Morgan fingerprint density at radius 3 is 2.69 bits per heavy atom. The molecule has 68 valence electrons. The molecule has 0 N–H and O–H groups in total. The van der Waals surface area contributed by atoms with Gasteiger partial charge in [0.05, 0.1) is 11.9 Å². The van der Waals surface area contributed by atoms with Gasteiger partial charge in [0.2, 0.25) is 0 Å². The molecule has 3 heteroatoms. The van der Waals surface area contributed by atoms with Crippen molar-refractivity contribution in [2.45, 2.75) is 12.8 Å². The lowest BCUT2D eigenvalue weighted by atomic mass is 9.96. The zero-order valence-electron chi connectivity index (χ0n) is 7.33. The molecule has 2 fully saturated rings. The van der Waals surface area contributed by atoms with Crippen LogP contribution in [0.1, 0.15) is 12.8 Å². The van der Waals surface area contributed by atoms with E-state index in [0.29, 0.717) is 0 Å². The van der Waals surface area contributed by atoms with Crippen LogP contribution in [0.15, 0.2) is 22.9 Å². The van der Waals surface area contributed by atoms with Crippen molar-refractivity contribution < 1.29 is 0 Å². The Hall–Kier alpha value is -0.570. The Balaban J connectivity index is 1.78. The van der Waals surface area contributed by atoms with Crippen LogP contribution in [0.5, 0.6) is 0 Å². The molecule has 1 aromatic rings. The predicted octanol–water partition coefficient (Wildman–Crippen LogP) is 2.44. The third-order valence-corrected chi connectivity index (χ3v) is 3.50. The minimum Gasteiger partial charge on any atom is -0.369 e. The Labute approximate surface area is 86.1 Å². The van der Waals surface area contributed by atoms with Crippen molar-refractivity contribution in [3.8, 4) is 0 Å². The summed E-state index contributed by atoms with van der Waals surface area (Å²) in [5.74, 6) is 0. The fourth-order valence-electron chi connectivity index (χ4n) is 2.01. The Bertz CT molecular complexity index is 339. The van der Waals surface area contributed by atoms with Crippen molar-refractivity contribution in [1.82, 2.24) is 4.98 Å². The van der Waals surface area contributed by atoms with Crippen molar-refractivity contribution in [1.29, 1.82) is 0 Å². The maximum absolute atomic E-state index is 4.17. The number of hydrogen-bond donors (Lipinski definition) is 0. The quantitative estimate of drug-likeness (QED) is 0.748. The van der Waals surface area contributed by atoms with Gasteiger partial charge in [-0.2, -0.15) is 0 Å². The van der Waals surface area contributed by atoms with Crippen LogP contribution in [0, 0.1) is 5.41 Å². The normalized spacial score (nSPS) is 23.0. The number of rotatable bonds is 1. The number of anilines is 1. The van der Waals surface area contributed by atoms with Gasteiger partial charge >= 0.3 is 0 Å². The minimum atomic E-state index is 0.725. The van der Waals surface area contributed by atoms with Crippen LogP contribution in [0.25, 0.3) is 0 Å². The number of aromatic nitrogens is 1. The van der Waals surface area contributed by atoms with Gasteiger partial charge in [-0.15, -0.1) is 0 Å². The second kappa shape index (κ2) is 2.47. The summed E-state index contributed by atoms with van der Waals surface area (Å²) < 4.78 is 1.07. The van der Waals surface area contributed by atoms with Crippen LogP contribution in [0.3, 0.4) is 0 Å². The molecule has 13 heavy (non-hydrogen) atoms. The molecule has 0 atom stereocenters. The maximum atomic E-state index is 4.17. The van der Waals surface area contributed by atoms with Gasteiger partial charge in [-0.1, -0.05) is 0 Å². The van der Waals surface area contributed by atoms with Gasteiger partial charge in [-0.25, -0.2) is 0 Å². The van der Waals surface area contributed by atoms with Gasteiger partial charge in [0.15, 0.2) is 0 Å². The zero-order valence-corrected chi connectivity index (χ0v) is 8.92. The molecular weight excluding hydrogens is 228 g/mol. The first-order chi connectivity index (χ1) is 6.27. The molecule has 0 radical (unpaired) electrons. The summed E-state index contributed by atoms with van der Waals surface area (Å²) in [4.78, 5) is 6.57. The van der Waals surface area contributed by atoms with Gasteiger partial charge in [0.1, 0.15) is 0 Å². The summed E-state index contributed by atoms with van der Waals surface area (Å²) in [5.41, 5.74) is 1.98. The molecule has 1 saturated carbocycles. The lowest BCUT2D eigenvalue weighted by molar-refractivity contribution is 0.387. The number of halogens is 1. The predicted molar refractivity (Wildman–Crippen MR) is 55.8 cm³/mol. The van der Waals surface area contributed by atoms with E-state index in [1.165, 1.54) is 31.6 Å². The fourth-order valence-corrected chi connectivity index (χ4v) is 2.37. The standard InChI is InChI=1S/C10H11BrN2/c11-8-3-9(5-12-4-8)13-6-10(7-13)1-2-10/h3-5H,1-2,6-7H2. The third kappa shape index (κ3) is 1.26. The Kier molecular flexibility index (Phi) is 1.48. The lowest BCUT2D eigenvalue weighted by Crippen LogP contribution is -2.48. The van der Waals surface area contributed by atoms with Crippen LogP contribution < -0.4 is 4.90 Å². The van der Waals surface area contributed by atoms with E-state index in [9.17, 15) is 0 Å². The highest BCUT2D eigenvalue weighted by Gasteiger charge is 2.52. The molecule has 0 bridgehead atoms. The zero-order chi connectivity index (χ0) is 8.89. The average molecular weight is 239 g/mol. The molecule has 1 spiro atoms. The average Bonchev–Trinajstić information content (AvgIpc) is 2.80. The van der Waals surface area contributed by atoms with Crippen molar-refractivity contribution in [2.24, 2.45) is 5.41 Å². The summed E-state index contributed by atoms with van der Waals surface area (Å²) >= 11 is 3.44.